The largest absolute Gasteiger partial charge is 0.418 e. The maximum Gasteiger partial charge on any atom is 0.418 e. The molecule has 0 aliphatic heterocycles. The van der Waals surface area contributed by atoms with Gasteiger partial charge < -0.3 is 11.5 Å². The molecule has 0 aliphatic rings. The van der Waals surface area contributed by atoms with Gasteiger partial charge in [0.25, 0.3) is 5.91 Å². The van der Waals surface area contributed by atoms with E-state index >= 15 is 0 Å². The van der Waals surface area contributed by atoms with Gasteiger partial charge >= 0.3 is 12.4 Å². The zero-order chi connectivity index (χ0) is 14.3. The molecule has 0 radical (unpaired) electrons. The lowest BCUT2D eigenvalue weighted by molar-refractivity contribution is -0.141. The Bertz CT molecular complexity index is 491. The van der Waals surface area contributed by atoms with Crippen LogP contribution in [0.1, 0.15) is 21.5 Å². The van der Waals surface area contributed by atoms with E-state index in [4.69, 9.17) is 5.73 Å². The molecule has 0 unspecified atom stereocenters. The summed E-state index contributed by atoms with van der Waals surface area (Å²) in [5.74, 6) is -1.68. The molecule has 9 heteroatoms. The van der Waals surface area contributed by atoms with Gasteiger partial charge in [-0.25, -0.2) is 0 Å². The molecule has 0 heterocycles. The number of hydrogen-bond acceptors (Lipinski definition) is 2. The molecule has 100 valence electrons. The zero-order valence-electron chi connectivity index (χ0n) is 8.49. The average Bonchev–Trinajstić information content (AvgIpc) is 2.12. The van der Waals surface area contributed by atoms with Gasteiger partial charge in [-0.15, -0.1) is 0 Å². The Morgan fingerprint density at radius 3 is 1.67 bits per heavy atom. The monoisotopic (exact) mass is 272 g/mol. The molecular formula is C9H6F6N2O. The van der Waals surface area contributed by atoms with E-state index in [9.17, 15) is 31.1 Å². The molecule has 0 atom stereocenters. The van der Waals surface area contributed by atoms with Crippen LogP contribution in [0.25, 0.3) is 0 Å². The third kappa shape index (κ3) is 2.49. The van der Waals surface area contributed by atoms with E-state index in [0.717, 1.165) is 0 Å². The van der Waals surface area contributed by atoms with Crippen molar-refractivity contribution in [1.82, 2.24) is 0 Å². The number of alkyl halides is 6. The van der Waals surface area contributed by atoms with Crippen molar-refractivity contribution in [2.45, 2.75) is 12.4 Å². The van der Waals surface area contributed by atoms with E-state index in [2.05, 4.69) is 5.73 Å². The van der Waals surface area contributed by atoms with Crippen molar-refractivity contribution >= 4 is 11.6 Å². The number of anilines is 1. The molecule has 0 aliphatic carbocycles. The first kappa shape index (κ1) is 14.1. The summed E-state index contributed by atoms with van der Waals surface area (Å²) in [5, 5.41) is 0. The van der Waals surface area contributed by atoms with Crippen LogP contribution in [0, 0.1) is 0 Å². The number of carbonyl (C=O) groups is 1. The third-order valence-electron chi connectivity index (χ3n) is 2.10. The van der Waals surface area contributed by atoms with Crippen LogP contribution in [-0.4, -0.2) is 5.91 Å². The van der Waals surface area contributed by atoms with Crippen molar-refractivity contribution in [1.29, 1.82) is 0 Å². The van der Waals surface area contributed by atoms with Gasteiger partial charge in [0.2, 0.25) is 0 Å². The predicted molar refractivity (Wildman–Crippen MR) is 49.4 cm³/mol. The molecule has 0 saturated carbocycles. The Balaban J connectivity index is 3.64. The minimum absolute atomic E-state index is 0.124. The molecule has 18 heavy (non-hydrogen) atoms. The second kappa shape index (κ2) is 4.07. The maximum atomic E-state index is 12.5. The third-order valence-corrected chi connectivity index (χ3v) is 2.10. The quantitative estimate of drug-likeness (QED) is 0.608. The van der Waals surface area contributed by atoms with E-state index in [1.807, 2.05) is 0 Å². The number of hydrogen-bond donors (Lipinski definition) is 2. The Labute approximate surface area is 96.4 Å². The van der Waals surface area contributed by atoms with Gasteiger partial charge in [0.15, 0.2) is 0 Å². The van der Waals surface area contributed by atoms with Crippen LogP contribution in [0.3, 0.4) is 0 Å². The van der Waals surface area contributed by atoms with E-state index in [1.165, 1.54) is 0 Å². The molecule has 4 N–H and O–H groups in total. The van der Waals surface area contributed by atoms with Gasteiger partial charge in [0.05, 0.1) is 22.4 Å². The Kier molecular flexibility index (Phi) is 3.20. The minimum Gasteiger partial charge on any atom is -0.398 e. The maximum absolute atomic E-state index is 12.5. The highest BCUT2D eigenvalue weighted by Gasteiger charge is 2.40. The second-order valence-corrected chi connectivity index (χ2v) is 3.31. The fourth-order valence-electron chi connectivity index (χ4n) is 1.37. The van der Waals surface area contributed by atoms with Crippen LogP contribution in [0.15, 0.2) is 12.1 Å². The first-order valence-electron chi connectivity index (χ1n) is 4.33. The van der Waals surface area contributed by atoms with E-state index < -0.39 is 40.6 Å². The molecule has 1 aromatic carbocycles. The van der Waals surface area contributed by atoms with Crippen molar-refractivity contribution in [3.8, 4) is 0 Å². The van der Waals surface area contributed by atoms with Crippen molar-refractivity contribution in [3.63, 3.8) is 0 Å². The van der Waals surface area contributed by atoms with Crippen LogP contribution < -0.4 is 11.5 Å². The SMILES string of the molecule is NC(=O)c1c(C(F)(F)F)ccc(C(F)(F)F)c1N. The number of nitrogen functional groups attached to an aromatic ring is 1. The average molecular weight is 272 g/mol. The number of halogens is 6. The highest BCUT2D eigenvalue weighted by atomic mass is 19.4. The summed E-state index contributed by atoms with van der Waals surface area (Å²) < 4.78 is 74.6. The highest BCUT2D eigenvalue weighted by Crippen LogP contribution is 2.40. The number of nitrogens with two attached hydrogens (primary N) is 2. The summed E-state index contributed by atoms with van der Waals surface area (Å²) in [6.07, 6.45) is -10.00. The fraction of sp³-hybridized carbons (Fsp3) is 0.222. The second-order valence-electron chi connectivity index (χ2n) is 3.31. The summed E-state index contributed by atoms with van der Waals surface area (Å²) in [7, 11) is 0. The van der Waals surface area contributed by atoms with Crippen LogP contribution in [0.4, 0.5) is 32.0 Å². The van der Waals surface area contributed by atoms with Crippen molar-refractivity contribution in [3.05, 3.63) is 28.8 Å². The molecule has 3 nitrogen and oxygen atoms in total. The molecule has 0 spiro atoms. The topological polar surface area (TPSA) is 69.1 Å². The number of benzene rings is 1. The van der Waals surface area contributed by atoms with Crippen LogP contribution in [0.5, 0.6) is 0 Å². The summed E-state index contributed by atoms with van der Waals surface area (Å²) >= 11 is 0. The van der Waals surface area contributed by atoms with E-state index in [-0.39, 0.29) is 12.1 Å². The molecule has 0 bridgehead atoms. The number of primary amides is 1. The van der Waals surface area contributed by atoms with Gasteiger partial charge in [0, 0.05) is 0 Å². The van der Waals surface area contributed by atoms with Gasteiger partial charge in [-0.1, -0.05) is 0 Å². The summed E-state index contributed by atoms with van der Waals surface area (Å²) in [6.45, 7) is 0. The fourth-order valence-corrected chi connectivity index (χ4v) is 1.37. The molecule has 0 fully saturated rings. The van der Waals surface area contributed by atoms with E-state index in [1.54, 1.807) is 0 Å². The Morgan fingerprint density at radius 2 is 1.33 bits per heavy atom. The lowest BCUT2D eigenvalue weighted by Crippen LogP contribution is -2.23. The molecule has 1 aromatic rings. The van der Waals surface area contributed by atoms with Gasteiger partial charge in [-0.3, -0.25) is 4.79 Å². The van der Waals surface area contributed by atoms with Gasteiger partial charge in [-0.2, -0.15) is 26.3 Å². The standard InChI is InChI=1S/C9H6F6N2O/c10-8(11,12)3-1-2-4(9(13,14)15)6(16)5(3)7(17)18/h1-2H,16H2,(H2,17,18). The van der Waals surface area contributed by atoms with Crippen LogP contribution >= 0.6 is 0 Å². The zero-order valence-corrected chi connectivity index (χ0v) is 8.49. The molecule has 1 amide bonds. The first-order chi connectivity index (χ1) is 7.96. The normalized spacial score (nSPS) is 12.6. The van der Waals surface area contributed by atoms with Crippen molar-refractivity contribution in [2.75, 3.05) is 5.73 Å². The van der Waals surface area contributed by atoms with E-state index in [0.29, 0.717) is 0 Å². The molecule has 1 rings (SSSR count). The Morgan fingerprint density at radius 1 is 0.944 bits per heavy atom. The summed E-state index contributed by atoms with van der Waals surface area (Å²) in [5.41, 5.74) is 3.74. The number of amides is 1. The van der Waals surface area contributed by atoms with Crippen LogP contribution in [-0.2, 0) is 12.4 Å². The highest BCUT2D eigenvalue weighted by molar-refractivity contribution is 6.00. The first-order valence-corrected chi connectivity index (χ1v) is 4.33. The number of rotatable bonds is 1. The number of carbonyl (C=O) groups excluding carboxylic acids is 1. The van der Waals surface area contributed by atoms with Crippen molar-refractivity contribution in [2.24, 2.45) is 5.73 Å². The Hall–Kier alpha value is -1.93. The lowest BCUT2D eigenvalue weighted by Gasteiger charge is -2.17. The molecular weight excluding hydrogens is 266 g/mol. The predicted octanol–water partition coefficient (Wildman–Crippen LogP) is 2.41. The molecule has 0 aromatic heterocycles. The summed E-state index contributed by atoms with van der Waals surface area (Å²) in [4.78, 5) is 10.8. The molecule has 0 saturated heterocycles. The van der Waals surface area contributed by atoms with Crippen molar-refractivity contribution < 1.29 is 31.1 Å². The minimum atomic E-state index is -5.03. The van der Waals surface area contributed by atoms with Crippen LogP contribution in [0.2, 0.25) is 0 Å². The van der Waals surface area contributed by atoms with Gasteiger partial charge in [0.1, 0.15) is 0 Å². The lowest BCUT2D eigenvalue weighted by atomic mass is 9.99. The summed E-state index contributed by atoms with van der Waals surface area (Å²) in [6, 6.07) is 0.282. The van der Waals surface area contributed by atoms with Gasteiger partial charge in [-0.05, 0) is 12.1 Å². The smallest absolute Gasteiger partial charge is 0.398 e.